The molecule has 0 aliphatic carbocycles. The quantitative estimate of drug-likeness (QED) is 0.890. The van der Waals surface area contributed by atoms with Crippen molar-refractivity contribution in [3.8, 4) is 0 Å². The molecule has 8 heteroatoms. The first kappa shape index (κ1) is 16.5. The first-order chi connectivity index (χ1) is 9.70. The van der Waals surface area contributed by atoms with E-state index < -0.39 is 23.2 Å². The molecule has 1 aliphatic heterocycles. The van der Waals surface area contributed by atoms with E-state index in [0.717, 1.165) is 17.9 Å². The standard InChI is InChI=1S/C13H13ClF3NO2S/c14-10-4-8(3-9(5-10)13(15,16)17)11(19)18-6-12(20)1-2-21-7-12/h3-5,20H,1-2,6-7H2,(H,18,19). The monoisotopic (exact) mass is 339 g/mol. The highest BCUT2D eigenvalue weighted by atomic mass is 35.5. The van der Waals surface area contributed by atoms with Gasteiger partial charge in [0.25, 0.3) is 5.91 Å². The van der Waals surface area contributed by atoms with E-state index in [9.17, 15) is 23.1 Å². The molecule has 0 spiro atoms. The van der Waals surface area contributed by atoms with Gasteiger partial charge in [0.15, 0.2) is 0 Å². The fraction of sp³-hybridized carbons (Fsp3) is 0.462. The fourth-order valence-electron chi connectivity index (χ4n) is 1.97. The fourth-order valence-corrected chi connectivity index (χ4v) is 3.50. The highest BCUT2D eigenvalue weighted by Crippen LogP contribution is 2.32. The number of halogens is 4. The molecule has 2 rings (SSSR count). The third-order valence-corrected chi connectivity index (χ3v) is 4.60. The molecule has 0 saturated carbocycles. The van der Waals surface area contributed by atoms with Crippen LogP contribution < -0.4 is 5.32 Å². The van der Waals surface area contributed by atoms with E-state index in [4.69, 9.17) is 11.6 Å². The van der Waals surface area contributed by atoms with E-state index >= 15 is 0 Å². The van der Waals surface area contributed by atoms with E-state index in [-0.39, 0.29) is 17.1 Å². The molecule has 1 atom stereocenters. The maximum atomic E-state index is 12.7. The molecule has 116 valence electrons. The minimum absolute atomic E-state index is 0.00664. The van der Waals surface area contributed by atoms with Gasteiger partial charge in [-0.2, -0.15) is 24.9 Å². The van der Waals surface area contributed by atoms with Gasteiger partial charge in [-0.1, -0.05) is 11.6 Å². The number of rotatable bonds is 3. The number of hydrogen-bond donors (Lipinski definition) is 2. The van der Waals surface area contributed by atoms with Crippen LogP contribution in [0.3, 0.4) is 0 Å². The van der Waals surface area contributed by atoms with E-state index in [1.807, 2.05) is 0 Å². The molecule has 2 N–H and O–H groups in total. The van der Waals surface area contributed by atoms with Gasteiger partial charge in [-0.15, -0.1) is 0 Å². The van der Waals surface area contributed by atoms with E-state index in [1.165, 1.54) is 6.07 Å². The van der Waals surface area contributed by atoms with Crippen molar-refractivity contribution in [3.63, 3.8) is 0 Å². The summed E-state index contributed by atoms with van der Waals surface area (Å²) in [5.41, 5.74) is -2.15. The smallest absolute Gasteiger partial charge is 0.387 e. The Labute approximate surface area is 128 Å². The average Bonchev–Trinajstić information content (AvgIpc) is 2.82. The number of benzene rings is 1. The summed E-state index contributed by atoms with van der Waals surface area (Å²) < 4.78 is 38.0. The van der Waals surface area contributed by atoms with Crippen LogP contribution in [0.15, 0.2) is 18.2 Å². The molecule has 1 unspecified atom stereocenters. The van der Waals surface area contributed by atoms with Crippen LogP contribution in [-0.2, 0) is 6.18 Å². The lowest BCUT2D eigenvalue weighted by atomic mass is 10.0. The molecule has 21 heavy (non-hydrogen) atoms. The van der Waals surface area contributed by atoms with Crippen LogP contribution in [0, 0.1) is 0 Å². The van der Waals surface area contributed by atoms with Gasteiger partial charge in [0.2, 0.25) is 0 Å². The lowest BCUT2D eigenvalue weighted by Gasteiger charge is -2.21. The van der Waals surface area contributed by atoms with Crippen molar-refractivity contribution in [2.75, 3.05) is 18.1 Å². The molecular weight excluding hydrogens is 327 g/mol. The van der Waals surface area contributed by atoms with Gasteiger partial charge in [0.05, 0.1) is 11.2 Å². The molecule has 1 aliphatic rings. The topological polar surface area (TPSA) is 49.3 Å². The maximum Gasteiger partial charge on any atom is 0.416 e. The number of thioether (sulfide) groups is 1. The van der Waals surface area contributed by atoms with Gasteiger partial charge < -0.3 is 10.4 Å². The maximum absolute atomic E-state index is 12.7. The molecule has 1 amide bonds. The summed E-state index contributed by atoms with van der Waals surface area (Å²) in [5, 5.41) is 12.4. The number of aliphatic hydroxyl groups is 1. The second kappa shape index (κ2) is 6.06. The second-order valence-electron chi connectivity index (χ2n) is 4.94. The summed E-state index contributed by atoms with van der Waals surface area (Å²) in [6.07, 6.45) is -4.03. The summed E-state index contributed by atoms with van der Waals surface area (Å²) in [6, 6.07) is 2.67. The van der Waals surface area contributed by atoms with Crippen LogP contribution in [0.1, 0.15) is 22.3 Å². The second-order valence-corrected chi connectivity index (χ2v) is 6.48. The van der Waals surface area contributed by atoms with Crippen molar-refractivity contribution < 1.29 is 23.1 Å². The van der Waals surface area contributed by atoms with Gasteiger partial charge >= 0.3 is 6.18 Å². The average molecular weight is 340 g/mol. The Balaban J connectivity index is 2.10. The molecule has 0 aromatic heterocycles. The van der Waals surface area contributed by atoms with Crippen LogP contribution in [0.4, 0.5) is 13.2 Å². The number of amides is 1. The Kier molecular flexibility index (Phi) is 4.75. The third kappa shape index (κ3) is 4.28. The summed E-state index contributed by atoms with van der Waals surface area (Å²) >= 11 is 7.19. The molecule has 1 heterocycles. The highest BCUT2D eigenvalue weighted by Gasteiger charge is 2.33. The van der Waals surface area contributed by atoms with Crippen LogP contribution >= 0.6 is 23.4 Å². The van der Waals surface area contributed by atoms with E-state index in [2.05, 4.69) is 5.32 Å². The van der Waals surface area contributed by atoms with Gasteiger partial charge in [0, 0.05) is 22.9 Å². The highest BCUT2D eigenvalue weighted by molar-refractivity contribution is 7.99. The van der Waals surface area contributed by atoms with E-state index in [1.54, 1.807) is 11.8 Å². The van der Waals surface area contributed by atoms with Crippen LogP contribution in [0.25, 0.3) is 0 Å². The van der Waals surface area contributed by atoms with E-state index in [0.29, 0.717) is 12.2 Å². The predicted molar refractivity (Wildman–Crippen MR) is 75.7 cm³/mol. The van der Waals surface area contributed by atoms with Crippen molar-refractivity contribution in [1.29, 1.82) is 0 Å². The minimum Gasteiger partial charge on any atom is -0.387 e. The number of carbonyl (C=O) groups excluding carboxylic acids is 1. The summed E-state index contributed by atoms with van der Waals surface area (Å²) in [7, 11) is 0. The van der Waals surface area contributed by atoms with Crippen molar-refractivity contribution >= 4 is 29.3 Å². The first-order valence-corrected chi connectivity index (χ1v) is 7.69. The molecule has 1 aromatic rings. The third-order valence-electron chi connectivity index (χ3n) is 3.15. The Morgan fingerprint density at radius 1 is 1.43 bits per heavy atom. The van der Waals surface area contributed by atoms with Crippen molar-refractivity contribution in [2.45, 2.75) is 18.2 Å². The number of carbonyl (C=O) groups is 1. The van der Waals surface area contributed by atoms with Gasteiger partial charge in [-0.25, -0.2) is 0 Å². The summed E-state index contributed by atoms with van der Waals surface area (Å²) in [6.45, 7) is 0.00664. The number of nitrogens with one attached hydrogen (secondary N) is 1. The molecule has 3 nitrogen and oxygen atoms in total. The largest absolute Gasteiger partial charge is 0.416 e. The minimum atomic E-state index is -4.57. The molecule has 0 bridgehead atoms. The van der Waals surface area contributed by atoms with Crippen LogP contribution in [0.2, 0.25) is 5.02 Å². The molecular formula is C13H13ClF3NO2S. The van der Waals surface area contributed by atoms with Crippen molar-refractivity contribution in [2.24, 2.45) is 0 Å². The van der Waals surface area contributed by atoms with Crippen molar-refractivity contribution in [3.05, 3.63) is 34.3 Å². The molecule has 0 radical (unpaired) electrons. The Morgan fingerprint density at radius 2 is 2.14 bits per heavy atom. The molecule has 1 fully saturated rings. The normalized spacial score (nSPS) is 22.3. The SMILES string of the molecule is O=C(NCC1(O)CCSC1)c1cc(Cl)cc(C(F)(F)F)c1. The summed E-state index contributed by atoms with van der Waals surface area (Å²) in [4.78, 5) is 11.9. The lowest BCUT2D eigenvalue weighted by molar-refractivity contribution is -0.137. The summed E-state index contributed by atoms with van der Waals surface area (Å²) in [5.74, 6) is 0.603. The zero-order valence-corrected chi connectivity index (χ0v) is 12.4. The van der Waals surface area contributed by atoms with Gasteiger partial charge in [-0.05, 0) is 30.4 Å². The number of alkyl halides is 3. The van der Waals surface area contributed by atoms with Crippen LogP contribution in [-0.4, -0.2) is 34.7 Å². The number of hydrogen-bond acceptors (Lipinski definition) is 3. The lowest BCUT2D eigenvalue weighted by Crippen LogP contribution is -2.43. The molecule has 1 aromatic carbocycles. The first-order valence-electron chi connectivity index (χ1n) is 6.16. The van der Waals surface area contributed by atoms with Gasteiger partial charge in [-0.3, -0.25) is 4.79 Å². The zero-order chi connectivity index (χ0) is 15.7. The molecule has 1 saturated heterocycles. The Morgan fingerprint density at radius 3 is 2.71 bits per heavy atom. The Hall–Kier alpha value is -0.920. The van der Waals surface area contributed by atoms with Crippen LogP contribution in [0.5, 0.6) is 0 Å². The Bertz CT molecular complexity index is 545. The zero-order valence-electron chi connectivity index (χ0n) is 10.8. The predicted octanol–water partition coefficient (Wildman–Crippen LogP) is 2.96. The van der Waals surface area contributed by atoms with Crippen molar-refractivity contribution in [1.82, 2.24) is 5.32 Å². The van der Waals surface area contributed by atoms with Gasteiger partial charge in [0.1, 0.15) is 0 Å².